The summed E-state index contributed by atoms with van der Waals surface area (Å²) in [6.45, 7) is 2.25. The van der Waals surface area contributed by atoms with Crippen LogP contribution in [0.1, 0.15) is 25.0 Å². The molecule has 1 heterocycles. The van der Waals surface area contributed by atoms with Crippen LogP contribution in [-0.2, 0) is 7.05 Å². The molecule has 0 aromatic carbocycles. The van der Waals surface area contributed by atoms with Crippen molar-refractivity contribution in [1.29, 1.82) is 0 Å². The van der Waals surface area contributed by atoms with Crippen LogP contribution in [0.15, 0.2) is 11.1 Å². The van der Waals surface area contributed by atoms with E-state index in [9.17, 15) is 5.11 Å². The molecule has 17 heavy (non-hydrogen) atoms. The second-order valence-corrected chi connectivity index (χ2v) is 5.82. The predicted octanol–water partition coefficient (Wildman–Crippen LogP) is 1.32. The molecule has 0 saturated heterocycles. The van der Waals surface area contributed by atoms with E-state index in [-0.39, 0.29) is 12.6 Å². The summed E-state index contributed by atoms with van der Waals surface area (Å²) in [7, 11) is 1.97. The third-order valence-electron chi connectivity index (χ3n) is 2.94. The predicted molar refractivity (Wildman–Crippen MR) is 70.3 cm³/mol. The first-order valence-corrected chi connectivity index (χ1v) is 7.18. The van der Waals surface area contributed by atoms with E-state index in [1.165, 1.54) is 17.9 Å². The number of nitrogens with zero attached hydrogens (tertiary/aromatic N) is 2. The van der Waals surface area contributed by atoms with Gasteiger partial charge in [-0.15, -0.1) is 11.8 Å². The van der Waals surface area contributed by atoms with Gasteiger partial charge in [-0.25, -0.2) is 0 Å². The Hall–Kier alpha value is -0.520. The minimum absolute atomic E-state index is 0.238. The summed E-state index contributed by atoms with van der Waals surface area (Å²) in [5.74, 6) is 1.02. The van der Waals surface area contributed by atoms with Crippen molar-refractivity contribution in [3.8, 4) is 0 Å². The topological polar surface area (TPSA) is 50.1 Å². The molecule has 4 nitrogen and oxygen atoms in total. The van der Waals surface area contributed by atoms with Crippen LogP contribution in [0.3, 0.4) is 0 Å². The molecule has 1 aromatic rings. The standard InChI is InChI=1S/C12H21N3OS/c1-9-7-12(15(2)14-9)17-6-5-11(8-16)13-10-3-4-10/h7,10-11,13,16H,3-6,8H2,1-2H3. The highest BCUT2D eigenvalue weighted by Crippen LogP contribution is 2.22. The number of aryl methyl sites for hydroxylation is 2. The van der Waals surface area contributed by atoms with Gasteiger partial charge in [0.25, 0.3) is 0 Å². The Labute approximate surface area is 107 Å². The fourth-order valence-corrected chi connectivity index (χ4v) is 2.93. The highest BCUT2D eigenvalue weighted by atomic mass is 32.2. The van der Waals surface area contributed by atoms with Crippen LogP contribution in [0.5, 0.6) is 0 Å². The lowest BCUT2D eigenvalue weighted by atomic mass is 10.2. The second kappa shape index (κ2) is 5.89. The Morgan fingerprint density at radius 1 is 1.65 bits per heavy atom. The molecular weight excluding hydrogens is 234 g/mol. The molecule has 5 heteroatoms. The van der Waals surface area contributed by atoms with E-state index < -0.39 is 0 Å². The quantitative estimate of drug-likeness (QED) is 0.722. The molecule has 1 aliphatic carbocycles. The van der Waals surface area contributed by atoms with Crippen molar-refractivity contribution in [3.63, 3.8) is 0 Å². The van der Waals surface area contributed by atoms with E-state index in [1.54, 1.807) is 0 Å². The average Bonchev–Trinajstić information content (AvgIpc) is 3.04. The molecule has 2 rings (SSSR count). The molecular formula is C12H21N3OS. The van der Waals surface area contributed by atoms with Crippen molar-refractivity contribution in [2.45, 2.75) is 43.3 Å². The Bertz CT molecular complexity index is 363. The highest BCUT2D eigenvalue weighted by molar-refractivity contribution is 7.99. The van der Waals surface area contributed by atoms with Crippen LogP contribution in [0.4, 0.5) is 0 Å². The zero-order valence-electron chi connectivity index (χ0n) is 10.5. The third kappa shape index (κ3) is 4.01. The van der Waals surface area contributed by atoms with E-state index in [4.69, 9.17) is 0 Å². The van der Waals surface area contributed by atoms with E-state index in [2.05, 4.69) is 16.5 Å². The Kier molecular flexibility index (Phi) is 4.48. The highest BCUT2D eigenvalue weighted by Gasteiger charge is 2.23. The SMILES string of the molecule is Cc1cc(SCCC(CO)NC2CC2)n(C)n1. The maximum Gasteiger partial charge on any atom is 0.0939 e. The van der Waals surface area contributed by atoms with Gasteiger partial charge in [-0.3, -0.25) is 4.68 Å². The van der Waals surface area contributed by atoms with Crippen molar-refractivity contribution in [2.75, 3.05) is 12.4 Å². The summed E-state index contributed by atoms with van der Waals surface area (Å²) in [5.41, 5.74) is 1.06. The molecule has 96 valence electrons. The van der Waals surface area contributed by atoms with Gasteiger partial charge in [0, 0.05) is 24.9 Å². The number of hydrogen-bond acceptors (Lipinski definition) is 4. The number of aliphatic hydroxyl groups is 1. The maximum absolute atomic E-state index is 9.27. The summed E-state index contributed by atoms with van der Waals surface area (Å²) in [5, 5.41) is 18.2. The molecule has 1 atom stereocenters. The minimum atomic E-state index is 0.238. The number of rotatable bonds is 7. The van der Waals surface area contributed by atoms with Gasteiger partial charge in [0.1, 0.15) is 0 Å². The first-order valence-electron chi connectivity index (χ1n) is 6.19. The summed E-state index contributed by atoms with van der Waals surface area (Å²) in [6.07, 6.45) is 3.54. The molecule has 2 N–H and O–H groups in total. The first kappa shape index (κ1) is 12.9. The summed E-state index contributed by atoms with van der Waals surface area (Å²) < 4.78 is 1.92. The number of aromatic nitrogens is 2. The van der Waals surface area contributed by atoms with Gasteiger partial charge >= 0.3 is 0 Å². The van der Waals surface area contributed by atoms with Crippen molar-refractivity contribution < 1.29 is 5.11 Å². The van der Waals surface area contributed by atoms with Gasteiger partial charge in [0.2, 0.25) is 0 Å². The monoisotopic (exact) mass is 255 g/mol. The normalized spacial score (nSPS) is 17.4. The Morgan fingerprint density at radius 3 is 2.94 bits per heavy atom. The van der Waals surface area contributed by atoms with Crippen LogP contribution in [0, 0.1) is 6.92 Å². The number of hydrogen-bond donors (Lipinski definition) is 2. The largest absolute Gasteiger partial charge is 0.395 e. The van der Waals surface area contributed by atoms with Crippen LogP contribution >= 0.6 is 11.8 Å². The van der Waals surface area contributed by atoms with Crippen molar-refractivity contribution in [3.05, 3.63) is 11.8 Å². The molecule has 1 aliphatic rings. The molecule has 0 bridgehead atoms. The van der Waals surface area contributed by atoms with Gasteiger partial charge in [0.15, 0.2) is 0 Å². The molecule has 0 amide bonds. The lowest BCUT2D eigenvalue weighted by molar-refractivity contribution is 0.238. The van der Waals surface area contributed by atoms with Gasteiger partial charge in [-0.1, -0.05) is 0 Å². The van der Waals surface area contributed by atoms with Crippen molar-refractivity contribution >= 4 is 11.8 Å². The van der Waals surface area contributed by atoms with Gasteiger partial charge in [0.05, 0.1) is 17.3 Å². The number of aliphatic hydroxyl groups excluding tert-OH is 1. The second-order valence-electron chi connectivity index (χ2n) is 4.71. The Balaban J connectivity index is 1.71. The van der Waals surface area contributed by atoms with E-state index in [0.717, 1.165) is 17.9 Å². The summed E-state index contributed by atoms with van der Waals surface area (Å²) in [4.78, 5) is 0. The molecule has 1 saturated carbocycles. The van der Waals surface area contributed by atoms with Crippen molar-refractivity contribution in [2.24, 2.45) is 7.05 Å². The number of nitrogens with one attached hydrogen (secondary N) is 1. The molecule has 0 aliphatic heterocycles. The summed E-state index contributed by atoms with van der Waals surface area (Å²) in [6, 6.07) is 3.02. The van der Waals surface area contributed by atoms with Crippen LogP contribution in [0.25, 0.3) is 0 Å². The molecule has 1 fully saturated rings. The molecule has 0 radical (unpaired) electrons. The average molecular weight is 255 g/mol. The smallest absolute Gasteiger partial charge is 0.0939 e. The Morgan fingerprint density at radius 2 is 2.41 bits per heavy atom. The van der Waals surface area contributed by atoms with E-state index in [0.29, 0.717) is 6.04 Å². The van der Waals surface area contributed by atoms with Crippen LogP contribution in [0.2, 0.25) is 0 Å². The molecule has 1 unspecified atom stereocenters. The minimum Gasteiger partial charge on any atom is -0.395 e. The van der Waals surface area contributed by atoms with Crippen LogP contribution < -0.4 is 5.32 Å². The van der Waals surface area contributed by atoms with Gasteiger partial charge < -0.3 is 10.4 Å². The zero-order valence-corrected chi connectivity index (χ0v) is 11.3. The fourth-order valence-electron chi connectivity index (χ4n) is 1.84. The lowest BCUT2D eigenvalue weighted by Gasteiger charge is -2.15. The fraction of sp³-hybridized carbons (Fsp3) is 0.750. The number of thioether (sulfide) groups is 1. The zero-order chi connectivity index (χ0) is 12.3. The van der Waals surface area contributed by atoms with Gasteiger partial charge in [-0.2, -0.15) is 5.10 Å². The molecule has 0 spiro atoms. The third-order valence-corrected chi connectivity index (χ3v) is 4.06. The molecule has 1 aromatic heterocycles. The maximum atomic E-state index is 9.27. The van der Waals surface area contributed by atoms with E-state index >= 15 is 0 Å². The lowest BCUT2D eigenvalue weighted by Crippen LogP contribution is -2.34. The van der Waals surface area contributed by atoms with Crippen molar-refractivity contribution in [1.82, 2.24) is 15.1 Å². The van der Waals surface area contributed by atoms with E-state index in [1.807, 2.05) is 30.4 Å². The first-order chi connectivity index (χ1) is 8.19. The van der Waals surface area contributed by atoms with Gasteiger partial charge in [-0.05, 0) is 32.3 Å². The van der Waals surface area contributed by atoms with Crippen LogP contribution in [-0.4, -0.2) is 39.3 Å². The summed E-state index contributed by atoms with van der Waals surface area (Å²) >= 11 is 1.81.